The Labute approximate surface area is 94.8 Å². The molecule has 2 atom stereocenters. The molecule has 2 amide bonds. The number of aldehydes is 1. The van der Waals surface area contributed by atoms with Crippen LogP contribution in [0, 0.1) is 0 Å². The SMILES string of the molecule is O=Cc1cnn(CC2NC(=O)C2NC(=O)O)n1. The summed E-state index contributed by atoms with van der Waals surface area (Å²) in [5, 5.41) is 20.7. The minimum absolute atomic E-state index is 0.179. The van der Waals surface area contributed by atoms with Gasteiger partial charge in [-0.3, -0.25) is 9.59 Å². The summed E-state index contributed by atoms with van der Waals surface area (Å²) in [6.45, 7) is 0.199. The number of hydrogen-bond acceptors (Lipinski definition) is 5. The molecule has 3 N–H and O–H groups in total. The summed E-state index contributed by atoms with van der Waals surface area (Å²) in [4.78, 5) is 33.1. The zero-order valence-corrected chi connectivity index (χ0v) is 8.53. The second-order valence-electron chi connectivity index (χ2n) is 3.48. The Morgan fingerprint density at radius 1 is 1.71 bits per heavy atom. The average molecular weight is 239 g/mol. The highest BCUT2D eigenvalue weighted by Gasteiger charge is 2.40. The summed E-state index contributed by atoms with van der Waals surface area (Å²) < 4.78 is 0. The molecule has 1 aliphatic rings. The lowest BCUT2D eigenvalue weighted by atomic mass is 9.99. The molecule has 1 fully saturated rings. The fourth-order valence-electron chi connectivity index (χ4n) is 1.52. The van der Waals surface area contributed by atoms with Crippen LogP contribution in [-0.2, 0) is 11.3 Å². The molecule has 1 aromatic rings. The van der Waals surface area contributed by atoms with E-state index < -0.39 is 18.2 Å². The Kier molecular flexibility index (Phi) is 2.73. The van der Waals surface area contributed by atoms with Crippen LogP contribution in [0.25, 0.3) is 0 Å². The molecule has 0 bridgehead atoms. The molecule has 17 heavy (non-hydrogen) atoms. The summed E-state index contributed by atoms with van der Waals surface area (Å²) in [7, 11) is 0. The van der Waals surface area contributed by atoms with Gasteiger partial charge in [-0.2, -0.15) is 15.0 Å². The molecular weight excluding hydrogens is 230 g/mol. The van der Waals surface area contributed by atoms with E-state index in [-0.39, 0.29) is 18.1 Å². The number of nitrogens with one attached hydrogen (secondary N) is 2. The summed E-state index contributed by atoms with van der Waals surface area (Å²) in [5.74, 6) is -0.389. The quantitative estimate of drug-likeness (QED) is 0.421. The van der Waals surface area contributed by atoms with Crippen LogP contribution < -0.4 is 10.6 Å². The maximum Gasteiger partial charge on any atom is 0.405 e. The van der Waals surface area contributed by atoms with Crippen LogP contribution in [-0.4, -0.2) is 50.5 Å². The van der Waals surface area contributed by atoms with Crippen molar-refractivity contribution < 1.29 is 19.5 Å². The average Bonchev–Trinajstić information content (AvgIpc) is 2.73. The molecule has 90 valence electrons. The molecule has 9 heteroatoms. The number of carbonyl (C=O) groups is 3. The van der Waals surface area contributed by atoms with Crippen LogP contribution in [0.3, 0.4) is 0 Å². The number of β-lactam (4-membered cyclic amide) rings is 1. The largest absolute Gasteiger partial charge is 0.465 e. The molecule has 1 saturated heterocycles. The molecule has 0 aromatic carbocycles. The van der Waals surface area contributed by atoms with Crippen LogP contribution >= 0.6 is 0 Å². The minimum Gasteiger partial charge on any atom is -0.465 e. The van der Waals surface area contributed by atoms with E-state index >= 15 is 0 Å². The van der Waals surface area contributed by atoms with Gasteiger partial charge < -0.3 is 15.7 Å². The molecule has 0 spiro atoms. The van der Waals surface area contributed by atoms with Crippen LogP contribution in [0.15, 0.2) is 6.20 Å². The highest BCUT2D eigenvalue weighted by atomic mass is 16.4. The normalized spacial score (nSPS) is 22.5. The monoisotopic (exact) mass is 239 g/mol. The fraction of sp³-hybridized carbons (Fsp3) is 0.375. The second-order valence-corrected chi connectivity index (χ2v) is 3.48. The van der Waals surface area contributed by atoms with E-state index in [1.165, 1.54) is 11.0 Å². The predicted molar refractivity (Wildman–Crippen MR) is 52.3 cm³/mol. The molecular formula is C8H9N5O4. The van der Waals surface area contributed by atoms with Gasteiger partial charge in [0.15, 0.2) is 6.29 Å². The number of carbonyl (C=O) groups excluding carboxylic acids is 2. The zero-order chi connectivity index (χ0) is 12.4. The van der Waals surface area contributed by atoms with Gasteiger partial charge >= 0.3 is 6.09 Å². The Bertz CT molecular complexity index is 470. The topological polar surface area (TPSA) is 126 Å². The van der Waals surface area contributed by atoms with Crippen molar-refractivity contribution >= 4 is 18.3 Å². The maximum atomic E-state index is 11.1. The van der Waals surface area contributed by atoms with Gasteiger partial charge in [-0.15, -0.1) is 0 Å². The first kappa shape index (κ1) is 11.0. The van der Waals surface area contributed by atoms with Crippen molar-refractivity contribution in [3.05, 3.63) is 11.9 Å². The number of nitrogens with zero attached hydrogens (tertiary/aromatic N) is 3. The van der Waals surface area contributed by atoms with Gasteiger partial charge in [0.05, 0.1) is 18.8 Å². The van der Waals surface area contributed by atoms with Crippen LogP contribution in [0.5, 0.6) is 0 Å². The van der Waals surface area contributed by atoms with Crippen molar-refractivity contribution in [1.29, 1.82) is 0 Å². The third-order valence-corrected chi connectivity index (χ3v) is 2.33. The van der Waals surface area contributed by atoms with E-state index in [1.54, 1.807) is 0 Å². The lowest BCUT2D eigenvalue weighted by molar-refractivity contribution is -0.131. The van der Waals surface area contributed by atoms with Gasteiger partial charge in [0.1, 0.15) is 11.7 Å². The summed E-state index contributed by atoms with van der Waals surface area (Å²) in [5.41, 5.74) is 0.179. The van der Waals surface area contributed by atoms with E-state index in [0.29, 0.717) is 6.29 Å². The first-order valence-corrected chi connectivity index (χ1v) is 4.75. The van der Waals surface area contributed by atoms with E-state index in [2.05, 4.69) is 20.8 Å². The van der Waals surface area contributed by atoms with Gasteiger partial charge in [0.2, 0.25) is 5.91 Å². The third-order valence-electron chi connectivity index (χ3n) is 2.33. The van der Waals surface area contributed by atoms with E-state index in [4.69, 9.17) is 5.11 Å². The van der Waals surface area contributed by atoms with Crippen molar-refractivity contribution in [3.8, 4) is 0 Å². The first-order chi connectivity index (χ1) is 8.10. The standard InChI is InChI=1S/C8H9N5O4/c14-3-4-1-9-13(12-4)2-5-6(7(15)10-5)11-8(16)17/h1,3,5-6,11H,2H2,(H,10,15)(H,16,17). The lowest BCUT2D eigenvalue weighted by Crippen LogP contribution is -2.70. The Hall–Kier alpha value is -2.45. The molecule has 0 saturated carbocycles. The van der Waals surface area contributed by atoms with Gasteiger partial charge in [-0.1, -0.05) is 0 Å². The van der Waals surface area contributed by atoms with Crippen molar-refractivity contribution in [1.82, 2.24) is 25.6 Å². The lowest BCUT2D eigenvalue weighted by Gasteiger charge is -2.35. The minimum atomic E-state index is -1.27. The predicted octanol–water partition coefficient (Wildman–Crippen LogP) is -1.77. The smallest absolute Gasteiger partial charge is 0.405 e. The number of rotatable bonds is 4. The summed E-state index contributed by atoms with van der Waals surface area (Å²) in [6, 6.07) is -1.22. The maximum absolute atomic E-state index is 11.1. The molecule has 2 heterocycles. The number of amides is 2. The first-order valence-electron chi connectivity index (χ1n) is 4.75. The van der Waals surface area contributed by atoms with Gasteiger partial charge in [0, 0.05) is 0 Å². The van der Waals surface area contributed by atoms with Crippen LogP contribution in [0.2, 0.25) is 0 Å². The van der Waals surface area contributed by atoms with Crippen molar-refractivity contribution in [2.45, 2.75) is 18.6 Å². The van der Waals surface area contributed by atoms with Crippen molar-refractivity contribution in [3.63, 3.8) is 0 Å². The van der Waals surface area contributed by atoms with Crippen molar-refractivity contribution in [2.24, 2.45) is 0 Å². The molecule has 2 unspecified atom stereocenters. The van der Waals surface area contributed by atoms with Gasteiger partial charge in [-0.25, -0.2) is 4.79 Å². The molecule has 2 rings (SSSR count). The van der Waals surface area contributed by atoms with E-state index in [0.717, 1.165) is 0 Å². The molecule has 1 aromatic heterocycles. The highest BCUT2D eigenvalue weighted by molar-refractivity contribution is 5.91. The number of carboxylic acid groups (broad SMARTS) is 1. The number of aromatic nitrogens is 3. The molecule has 1 aliphatic heterocycles. The Morgan fingerprint density at radius 3 is 3.00 bits per heavy atom. The fourth-order valence-corrected chi connectivity index (χ4v) is 1.52. The van der Waals surface area contributed by atoms with E-state index in [1.807, 2.05) is 0 Å². The Morgan fingerprint density at radius 2 is 2.47 bits per heavy atom. The molecule has 9 nitrogen and oxygen atoms in total. The third kappa shape index (κ3) is 2.22. The highest BCUT2D eigenvalue weighted by Crippen LogP contribution is 2.08. The van der Waals surface area contributed by atoms with Crippen LogP contribution in [0.4, 0.5) is 4.79 Å². The second kappa shape index (κ2) is 4.20. The molecule has 0 radical (unpaired) electrons. The molecule has 0 aliphatic carbocycles. The zero-order valence-electron chi connectivity index (χ0n) is 8.53. The Balaban J connectivity index is 1.97. The van der Waals surface area contributed by atoms with Crippen molar-refractivity contribution in [2.75, 3.05) is 0 Å². The van der Waals surface area contributed by atoms with E-state index in [9.17, 15) is 14.4 Å². The van der Waals surface area contributed by atoms with Crippen LogP contribution in [0.1, 0.15) is 10.5 Å². The van der Waals surface area contributed by atoms with Gasteiger partial charge in [-0.05, 0) is 0 Å². The summed E-state index contributed by atoms with van der Waals surface area (Å²) in [6.07, 6.45) is 0.569. The summed E-state index contributed by atoms with van der Waals surface area (Å²) >= 11 is 0. The van der Waals surface area contributed by atoms with Gasteiger partial charge in [0.25, 0.3) is 0 Å². The number of hydrogen-bond donors (Lipinski definition) is 3.